The molecule has 0 saturated heterocycles. The number of hydrogen-bond acceptors (Lipinski definition) is 4. The van der Waals surface area contributed by atoms with Gasteiger partial charge < -0.3 is 5.73 Å². The molecule has 2 aromatic rings. The van der Waals surface area contributed by atoms with Crippen LogP contribution >= 0.6 is 0 Å². The molecule has 0 spiro atoms. The van der Waals surface area contributed by atoms with Crippen LogP contribution in [0.15, 0.2) is 18.3 Å². The third kappa shape index (κ3) is 1.59. The summed E-state index contributed by atoms with van der Waals surface area (Å²) in [4.78, 5) is 0. The molecule has 0 aliphatic heterocycles. The minimum Gasteiger partial charge on any atom is -0.325 e. The number of tetrazole rings is 1. The molecule has 2 aromatic heterocycles. The Bertz CT molecular complexity index is 485. The lowest BCUT2D eigenvalue weighted by Crippen LogP contribution is -2.22. The maximum atomic E-state index is 6.06. The lowest BCUT2D eigenvalue weighted by molar-refractivity contribution is 0.609. The van der Waals surface area contributed by atoms with Crippen LogP contribution in [0.4, 0.5) is 0 Å². The van der Waals surface area contributed by atoms with E-state index in [0.717, 1.165) is 31.3 Å². The standard InChI is InChI=1S/C10H13N5/c11-10(5-6-10)4-3-8-2-1-7-15-9(8)12-13-14-15/h1-2,7H,3-6,11H2. The second-order valence-corrected chi connectivity index (χ2v) is 4.34. The normalized spacial score (nSPS) is 18.2. The zero-order chi connectivity index (χ0) is 10.3. The van der Waals surface area contributed by atoms with Crippen LogP contribution in [-0.2, 0) is 6.42 Å². The fourth-order valence-corrected chi connectivity index (χ4v) is 1.81. The van der Waals surface area contributed by atoms with Crippen molar-refractivity contribution in [1.29, 1.82) is 0 Å². The maximum Gasteiger partial charge on any atom is 0.182 e. The minimum atomic E-state index is 0.0975. The molecule has 5 nitrogen and oxygen atoms in total. The van der Waals surface area contributed by atoms with Crippen molar-refractivity contribution >= 4 is 5.65 Å². The van der Waals surface area contributed by atoms with Crippen LogP contribution < -0.4 is 5.73 Å². The molecule has 0 bridgehead atoms. The fraction of sp³-hybridized carbons (Fsp3) is 0.500. The minimum absolute atomic E-state index is 0.0975. The van der Waals surface area contributed by atoms with Gasteiger partial charge in [-0.2, -0.15) is 0 Å². The van der Waals surface area contributed by atoms with Gasteiger partial charge in [0.25, 0.3) is 0 Å². The summed E-state index contributed by atoms with van der Waals surface area (Å²) >= 11 is 0. The number of pyridine rings is 1. The van der Waals surface area contributed by atoms with Crippen LogP contribution in [0, 0.1) is 0 Å². The van der Waals surface area contributed by atoms with Crippen molar-refractivity contribution in [2.24, 2.45) is 5.73 Å². The molecular weight excluding hydrogens is 190 g/mol. The van der Waals surface area contributed by atoms with E-state index in [1.165, 1.54) is 5.56 Å². The van der Waals surface area contributed by atoms with Crippen LogP contribution in [0.3, 0.4) is 0 Å². The molecule has 1 saturated carbocycles. The third-order valence-electron chi connectivity index (χ3n) is 3.09. The molecule has 0 atom stereocenters. The summed E-state index contributed by atoms with van der Waals surface area (Å²) in [5.41, 5.74) is 8.18. The van der Waals surface area contributed by atoms with Gasteiger partial charge in [-0.25, -0.2) is 4.52 Å². The van der Waals surface area contributed by atoms with Gasteiger partial charge in [0, 0.05) is 11.7 Å². The summed E-state index contributed by atoms with van der Waals surface area (Å²) in [6.45, 7) is 0. The lowest BCUT2D eigenvalue weighted by Gasteiger charge is -2.07. The molecule has 3 rings (SSSR count). The van der Waals surface area contributed by atoms with E-state index in [1.807, 2.05) is 12.3 Å². The average Bonchev–Trinajstić information content (AvgIpc) is 2.80. The van der Waals surface area contributed by atoms with Gasteiger partial charge in [0.05, 0.1) is 0 Å². The molecular formula is C10H13N5. The van der Waals surface area contributed by atoms with Gasteiger partial charge in [0.15, 0.2) is 5.65 Å². The Kier molecular flexibility index (Phi) is 1.76. The van der Waals surface area contributed by atoms with Crippen molar-refractivity contribution in [1.82, 2.24) is 20.0 Å². The number of aromatic nitrogens is 4. The molecule has 15 heavy (non-hydrogen) atoms. The highest BCUT2D eigenvalue weighted by Gasteiger charge is 2.37. The molecule has 5 heteroatoms. The topological polar surface area (TPSA) is 69.1 Å². The number of hydrogen-bond donors (Lipinski definition) is 1. The molecule has 1 fully saturated rings. The van der Waals surface area contributed by atoms with Crippen LogP contribution in [0.2, 0.25) is 0 Å². The van der Waals surface area contributed by atoms with Crippen LogP contribution in [0.5, 0.6) is 0 Å². The molecule has 78 valence electrons. The van der Waals surface area contributed by atoms with E-state index in [4.69, 9.17) is 5.73 Å². The van der Waals surface area contributed by atoms with Crippen LogP contribution in [0.25, 0.3) is 5.65 Å². The van der Waals surface area contributed by atoms with Crippen molar-refractivity contribution in [2.45, 2.75) is 31.2 Å². The van der Waals surface area contributed by atoms with Crippen molar-refractivity contribution in [3.05, 3.63) is 23.9 Å². The molecule has 2 N–H and O–H groups in total. The van der Waals surface area contributed by atoms with E-state index >= 15 is 0 Å². The number of nitrogens with zero attached hydrogens (tertiary/aromatic N) is 4. The number of aryl methyl sites for hydroxylation is 1. The van der Waals surface area contributed by atoms with Crippen molar-refractivity contribution in [2.75, 3.05) is 0 Å². The predicted octanol–water partition coefficient (Wildman–Crippen LogP) is 0.548. The highest BCUT2D eigenvalue weighted by Crippen LogP contribution is 2.36. The van der Waals surface area contributed by atoms with Gasteiger partial charge in [-0.15, -0.1) is 5.10 Å². The van der Waals surface area contributed by atoms with E-state index in [1.54, 1.807) is 4.52 Å². The molecule has 0 aromatic carbocycles. The summed E-state index contributed by atoms with van der Waals surface area (Å²) in [7, 11) is 0. The Labute approximate surface area is 87.3 Å². The quantitative estimate of drug-likeness (QED) is 0.790. The molecule has 0 radical (unpaired) electrons. The molecule has 2 heterocycles. The SMILES string of the molecule is NC1(CCc2cccn3nnnc23)CC1. The first-order valence-electron chi connectivity index (χ1n) is 5.21. The first-order chi connectivity index (χ1) is 7.27. The summed E-state index contributed by atoms with van der Waals surface area (Å²) < 4.78 is 1.70. The van der Waals surface area contributed by atoms with E-state index in [0.29, 0.717) is 0 Å². The largest absolute Gasteiger partial charge is 0.325 e. The Morgan fingerprint density at radius 2 is 2.33 bits per heavy atom. The highest BCUT2D eigenvalue weighted by molar-refractivity contribution is 5.45. The first-order valence-corrected chi connectivity index (χ1v) is 5.21. The summed E-state index contributed by atoms with van der Waals surface area (Å²) in [6.07, 6.45) is 6.15. The Morgan fingerprint density at radius 3 is 3.13 bits per heavy atom. The number of nitrogens with two attached hydrogens (primary N) is 1. The average molecular weight is 203 g/mol. The van der Waals surface area contributed by atoms with Crippen molar-refractivity contribution in [3.8, 4) is 0 Å². The zero-order valence-corrected chi connectivity index (χ0v) is 8.43. The molecule has 1 aliphatic rings. The molecule has 0 unspecified atom stereocenters. The summed E-state index contributed by atoms with van der Waals surface area (Å²) in [5.74, 6) is 0. The second-order valence-electron chi connectivity index (χ2n) is 4.34. The molecule has 1 aliphatic carbocycles. The van der Waals surface area contributed by atoms with Crippen molar-refractivity contribution in [3.63, 3.8) is 0 Å². The zero-order valence-electron chi connectivity index (χ0n) is 8.43. The van der Waals surface area contributed by atoms with Gasteiger partial charge in [-0.1, -0.05) is 6.07 Å². The number of fused-ring (bicyclic) bond motifs is 1. The fourth-order valence-electron chi connectivity index (χ4n) is 1.81. The smallest absolute Gasteiger partial charge is 0.182 e. The van der Waals surface area contributed by atoms with Gasteiger partial charge in [-0.3, -0.25) is 0 Å². The van der Waals surface area contributed by atoms with E-state index in [9.17, 15) is 0 Å². The number of rotatable bonds is 3. The predicted molar refractivity (Wildman–Crippen MR) is 55.3 cm³/mol. The highest BCUT2D eigenvalue weighted by atomic mass is 15.5. The Balaban J connectivity index is 1.86. The maximum absolute atomic E-state index is 6.06. The van der Waals surface area contributed by atoms with Gasteiger partial charge in [0.1, 0.15) is 0 Å². The van der Waals surface area contributed by atoms with E-state index in [-0.39, 0.29) is 5.54 Å². The van der Waals surface area contributed by atoms with Gasteiger partial charge in [0.2, 0.25) is 0 Å². The summed E-state index contributed by atoms with van der Waals surface area (Å²) in [6, 6.07) is 4.03. The Hall–Kier alpha value is -1.49. The third-order valence-corrected chi connectivity index (χ3v) is 3.09. The van der Waals surface area contributed by atoms with Crippen molar-refractivity contribution < 1.29 is 0 Å². The monoisotopic (exact) mass is 203 g/mol. The van der Waals surface area contributed by atoms with Crippen LogP contribution in [-0.4, -0.2) is 25.6 Å². The summed E-state index contributed by atoms with van der Waals surface area (Å²) in [5, 5.41) is 11.5. The van der Waals surface area contributed by atoms with Gasteiger partial charge in [-0.05, 0) is 47.7 Å². The first kappa shape index (κ1) is 8.79. The van der Waals surface area contributed by atoms with E-state index < -0.39 is 0 Å². The Morgan fingerprint density at radius 1 is 1.47 bits per heavy atom. The van der Waals surface area contributed by atoms with E-state index in [2.05, 4.69) is 21.6 Å². The van der Waals surface area contributed by atoms with Crippen LogP contribution in [0.1, 0.15) is 24.8 Å². The van der Waals surface area contributed by atoms with Gasteiger partial charge >= 0.3 is 0 Å². The molecule has 0 amide bonds. The second kappa shape index (κ2) is 3.00. The lowest BCUT2D eigenvalue weighted by atomic mass is 10.1.